The second-order valence-electron chi connectivity index (χ2n) is 7.42. The number of benzene rings is 2. The summed E-state index contributed by atoms with van der Waals surface area (Å²) in [5.74, 6) is 0.0133. The number of piperidine rings is 1. The van der Waals surface area contributed by atoms with E-state index in [2.05, 4.69) is 12.1 Å². The highest BCUT2D eigenvalue weighted by Crippen LogP contribution is 2.24. The van der Waals surface area contributed by atoms with Crippen LogP contribution in [0.4, 0.5) is 4.79 Å². The van der Waals surface area contributed by atoms with Gasteiger partial charge in [0.15, 0.2) is 0 Å². The maximum absolute atomic E-state index is 12.8. The second kappa shape index (κ2) is 8.23. The van der Waals surface area contributed by atoms with Crippen LogP contribution < -0.4 is 0 Å². The first-order chi connectivity index (χ1) is 13.6. The molecule has 0 N–H and O–H groups in total. The average Bonchev–Trinajstić information content (AvgIpc) is 3.08. The van der Waals surface area contributed by atoms with Crippen molar-refractivity contribution in [3.8, 4) is 0 Å². The van der Waals surface area contributed by atoms with Gasteiger partial charge in [0.2, 0.25) is 0 Å². The van der Waals surface area contributed by atoms with Crippen LogP contribution in [0.25, 0.3) is 0 Å². The van der Waals surface area contributed by atoms with Gasteiger partial charge >= 0.3 is 6.03 Å². The Labute approximate surface area is 170 Å². The first-order valence-corrected chi connectivity index (χ1v) is 10.1. The van der Waals surface area contributed by atoms with Gasteiger partial charge in [0.25, 0.3) is 5.91 Å². The molecule has 0 unspecified atom stereocenters. The SMILES string of the molecule is O=C(c1cccc(Cl)c1)N1CCC(N2CCN(Cc3ccccc3)C2=O)CC1. The Kier molecular flexibility index (Phi) is 5.53. The molecule has 6 heteroatoms. The lowest BCUT2D eigenvalue weighted by molar-refractivity contribution is 0.0663. The highest BCUT2D eigenvalue weighted by atomic mass is 35.5. The Hall–Kier alpha value is -2.53. The molecule has 2 heterocycles. The van der Waals surface area contributed by atoms with Gasteiger partial charge in [-0.1, -0.05) is 48.0 Å². The number of hydrogen-bond donors (Lipinski definition) is 0. The highest BCUT2D eigenvalue weighted by molar-refractivity contribution is 6.30. The minimum Gasteiger partial charge on any atom is -0.338 e. The maximum atomic E-state index is 12.8. The van der Waals surface area contributed by atoms with Gasteiger partial charge in [-0.2, -0.15) is 0 Å². The molecule has 2 aromatic carbocycles. The van der Waals surface area contributed by atoms with Crippen molar-refractivity contribution in [2.24, 2.45) is 0 Å². The quantitative estimate of drug-likeness (QED) is 0.785. The van der Waals surface area contributed by atoms with Gasteiger partial charge in [-0.3, -0.25) is 4.79 Å². The molecule has 0 aromatic heterocycles. The molecule has 0 atom stereocenters. The van der Waals surface area contributed by atoms with Crippen molar-refractivity contribution in [3.63, 3.8) is 0 Å². The molecule has 2 aliphatic rings. The van der Waals surface area contributed by atoms with Crippen LogP contribution in [0.5, 0.6) is 0 Å². The second-order valence-corrected chi connectivity index (χ2v) is 7.85. The van der Waals surface area contributed by atoms with E-state index in [1.807, 2.05) is 32.9 Å². The fourth-order valence-electron chi connectivity index (χ4n) is 4.08. The number of carbonyl (C=O) groups excluding carboxylic acids is 2. The fourth-order valence-corrected chi connectivity index (χ4v) is 4.27. The molecule has 0 bridgehead atoms. The first-order valence-electron chi connectivity index (χ1n) is 9.76. The van der Waals surface area contributed by atoms with Crippen LogP contribution in [-0.2, 0) is 6.54 Å². The summed E-state index contributed by atoms with van der Waals surface area (Å²) in [6.45, 7) is 3.51. The fraction of sp³-hybridized carbons (Fsp3) is 0.364. The van der Waals surface area contributed by atoms with Crippen molar-refractivity contribution >= 4 is 23.5 Å². The minimum absolute atomic E-state index is 0.0133. The molecule has 4 rings (SSSR count). The number of halogens is 1. The average molecular weight is 398 g/mol. The van der Waals surface area contributed by atoms with Crippen LogP contribution >= 0.6 is 11.6 Å². The number of hydrogen-bond acceptors (Lipinski definition) is 2. The normalized spacial score (nSPS) is 18.0. The van der Waals surface area contributed by atoms with Crippen molar-refractivity contribution in [2.45, 2.75) is 25.4 Å². The van der Waals surface area contributed by atoms with E-state index in [1.54, 1.807) is 24.3 Å². The van der Waals surface area contributed by atoms with Crippen molar-refractivity contribution < 1.29 is 9.59 Å². The number of urea groups is 1. The molecule has 5 nitrogen and oxygen atoms in total. The van der Waals surface area contributed by atoms with Gasteiger partial charge in [0, 0.05) is 49.4 Å². The molecular weight excluding hydrogens is 374 g/mol. The summed E-state index contributed by atoms with van der Waals surface area (Å²) in [5.41, 5.74) is 1.77. The largest absolute Gasteiger partial charge is 0.338 e. The summed E-state index contributed by atoms with van der Waals surface area (Å²) in [6.07, 6.45) is 1.63. The third-order valence-corrected chi connectivity index (χ3v) is 5.84. The zero-order valence-electron chi connectivity index (χ0n) is 15.8. The standard InChI is InChI=1S/C22H24ClN3O2/c23-19-8-4-7-18(15-19)21(27)24-11-9-20(10-12-24)26-14-13-25(22(26)28)16-17-5-2-1-3-6-17/h1-8,15,20H,9-14,16H2. The van der Waals surface area contributed by atoms with E-state index in [0.717, 1.165) is 31.5 Å². The Morgan fingerprint density at radius 1 is 0.964 bits per heavy atom. The lowest BCUT2D eigenvalue weighted by atomic mass is 10.0. The summed E-state index contributed by atoms with van der Waals surface area (Å²) in [5, 5.41) is 0.571. The van der Waals surface area contributed by atoms with E-state index in [9.17, 15) is 9.59 Å². The van der Waals surface area contributed by atoms with Crippen molar-refractivity contribution in [1.82, 2.24) is 14.7 Å². The Balaban J connectivity index is 1.33. The summed E-state index contributed by atoms with van der Waals surface area (Å²) in [4.78, 5) is 31.3. The number of nitrogens with zero attached hydrogens (tertiary/aromatic N) is 3. The molecular formula is C22H24ClN3O2. The van der Waals surface area contributed by atoms with Gasteiger partial charge in [-0.25, -0.2) is 4.79 Å². The molecule has 28 heavy (non-hydrogen) atoms. The summed E-state index contributed by atoms with van der Waals surface area (Å²) >= 11 is 6.01. The number of carbonyl (C=O) groups is 2. The predicted octanol–water partition coefficient (Wildman–Crippen LogP) is 3.88. The zero-order chi connectivity index (χ0) is 19.5. The Morgan fingerprint density at radius 2 is 1.71 bits per heavy atom. The van der Waals surface area contributed by atoms with Crippen LogP contribution in [0.1, 0.15) is 28.8 Å². The zero-order valence-corrected chi connectivity index (χ0v) is 16.5. The topological polar surface area (TPSA) is 43.9 Å². The first kappa shape index (κ1) is 18.8. The number of rotatable bonds is 4. The monoisotopic (exact) mass is 397 g/mol. The van der Waals surface area contributed by atoms with Gasteiger partial charge < -0.3 is 14.7 Å². The predicted molar refractivity (Wildman–Crippen MR) is 109 cm³/mol. The summed E-state index contributed by atoms with van der Waals surface area (Å²) < 4.78 is 0. The smallest absolute Gasteiger partial charge is 0.320 e. The van der Waals surface area contributed by atoms with Crippen molar-refractivity contribution in [1.29, 1.82) is 0 Å². The van der Waals surface area contributed by atoms with Gasteiger partial charge in [0.05, 0.1) is 0 Å². The van der Waals surface area contributed by atoms with Crippen LogP contribution in [0, 0.1) is 0 Å². The van der Waals surface area contributed by atoms with E-state index in [0.29, 0.717) is 30.2 Å². The molecule has 2 aliphatic heterocycles. The van der Waals surface area contributed by atoms with Crippen LogP contribution in [-0.4, -0.2) is 58.9 Å². The minimum atomic E-state index is 0.0133. The summed E-state index contributed by atoms with van der Waals surface area (Å²) in [6, 6.07) is 17.5. The number of amides is 3. The molecule has 0 spiro atoms. The molecule has 3 amide bonds. The molecule has 146 valence electrons. The van der Waals surface area contributed by atoms with E-state index in [-0.39, 0.29) is 18.0 Å². The lowest BCUT2D eigenvalue weighted by Crippen LogP contribution is -2.48. The Bertz CT molecular complexity index is 850. The molecule has 0 aliphatic carbocycles. The van der Waals surface area contributed by atoms with Crippen molar-refractivity contribution in [2.75, 3.05) is 26.2 Å². The van der Waals surface area contributed by atoms with Crippen molar-refractivity contribution in [3.05, 3.63) is 70.7 Å². The lowest BCUT2D eigenvalue weighted by Gasteiger charge is -2.36. The van der Waals surface area contributed by atoms with E-state index in [1.165, 1.54) is 0 Å². The van der Waals surface area contributed by atoms with E-state index in [4.69, 9.17) is 11.6 Å². The summed E-state index contributed by atoms with van der Waals surface area (Å²) in [7, 11) is 0. The third kappa shape index (κ3) is 3.99. The van der Waals surface area contributed by atoms with Crippen LogP contribution in [0.15, 0.2) is 54.6 Å². The van der Waals surface area contributed by atoms with Crippen LogP contribution in [0.2, 0.25) is 5.02 Å². The van der Waals surface area contributed by atoms with E-state index >= 15 is 0 Å². The molecule has 2 saturated heterocycles. The highest BCUT2D eigenvalue weighted by Gasteiger charge is 2.36. The third-order valence-electron chi connectivity index (χ3n) is 5.61. The molecule has 0 radical (unpaired) electrons. The number of likely N-dealkylation sites (tertiary alicyclic amines) is 1. The molecule has 2 fully saturated rings. The Morgan fingerprint density at radius 3 is 2.43 bits per heavy atom. The van der Waals surface area contributed by atoms with Crippen LogP contribution in [0.3, 0.4) is 0 Å². The van der Waals surface area contributed by atoms with Gasteiger partial charge in [-0.05, 0) is 36.6 Å². The molecule has 0 saturated carbocycles. The van der Waals surface area contributed by atoms with Gasteiger partial charge in [0.1, 0.15) is 0 Å². The maximum Gasteiger partial charge on any atom is 0.320 e. The van der Waals surface area contributed by atoms with E-state index < -0.39 is 0 Å². The molecule has 2 aromatic rings. The van der Waals surface area contributed by atoms with Gasteiger partial charge in [-0.15, -0.1) is 0 Å².